The van der Waals surface area contributed by atoms with E-state index in [-0.39, 0.29) is 11.8 Å². The summed E-state index contributed by atoms with van der Waals surface area (Å²) in [6.45, 7) is 2.13. The summed E-state index contributed by atoms with van der Waals surface area (Å²) in [4.78, 5) is 11.6. The van der Waals surface area contributed by atoms with Crippen molar-refractivity contribution in [3.63, 3.8) is 0 Å². The Hall–Kier alpha value is -1.73. The molecule has 1 aliphatic rings. The summed E-state index contributed by atoms with van der Waals surface area (Å²) in [5, 5.41) is 15.2. The van der Waals surface area contributed by atoms with Crippen LogP contribution in [0, 0.1) is 15.5 Å². The number of carboxylic acids is 1. The van der Waals surface area contributed by atoms with E-state index in [0.29, 0.717) is 16.0 Å². The van der Waals surface area contributed by atoms with E-state index in [1.54, 1.807) is 4.57 Å². The number of unbranched alkanes of at least 4 members (excludes halogenated alkanes) is 1. The highest BCUT2D eigenvalue weighted by molar-refractivity contribution is 7.72. The number of rotatable bonds is 5. The largest absolute Gasteiger partial charge is 0.481 e. The molecule has 5 nitrogen and oxygen atoms in total. The van der Waals surface area contributed by atoms with Gasteiger partial charge in [-0.3, -0.25) is 19.6 Å². The van der Waals surface area contributed by atoms with Gasteiger partial charge in [-0.15, -0.1) is 0 Å². The highest BCUT2D eigenvalue weighted by Gasteiger charge is 2.36. The molecule has 0 saturated heterocycles. The zero-order valence-electron chi connectivity index (χ0n) is 12.8. The van der Waals surface area contributed by atoms with E-state index in [0.717, 1.165) is 36.1 Å². The molecule has 23 heavy (non-hydrogen) atoms. The summed E-state index contributed by atoms with van der Waals surface area (Å²) in [7, 11) is 0. The topological polar surface area (TPSA) is 73.8 Å². The average Bonchev–Trinajstić information content (AvgIpc) is 3.05. The van der Waals surface area contributed by atoms with Gasteiger partial charge in [0.05, 0.1) is 11.6 Å². The second kappa shape index (κ2) is 6.41. The first-order chi connectivity index (χ1) is 11.0. The monoisotopic (exact) mass is 349 g/mol. The third-order valence-corrected chi connectivity index (χ3v) is 5.15. The van der Waals surface area contributed by atoms with E-state index in [1.807, 2.05) is 18.2 Å². The number of nitrogens with zero attached hydrogens (tertiary/aromatic N) is 1. The fraction of sp³-hybridized carbons (Fsp3) is 0.438. The SMILES string of the molecule is CCCCC1c2ccc(-n3c(=S)[nH][nH]c3=S)cc2CC1C(=O)O. The van der Waals surface area contributed by atoms with E-state index < -0.39 is 5.97 Å². The van der Waals surface area contributed by atoms with Gasteiger partial charge in [-0.25, -0.2) is 0 Å². The van der Waals surface area contributed by atoms with Gasteiger partial charge in [0.2, 0.25) is 0 Å². The molecule has 0 fully saturated rings. The fourth-order valence-corrected chi connectivity index (χ4v) is 4.00. The summed E-state index contributed by atoms with van der Waals surface area (Å²) >= 11 is 10.5. The molecule has 7 heteroatoms. The van der Waals surface area contributed by atoms with E-state index in [2.05, 4.69) is 17.1 Å². The number of aromatic nitrogens is 3. The lowest BCUT2D eigenvalue weighted by Gasteiger charge is -2.16. The van der Waals surface area contributed by atoms with Gasteiger partial charge in [-0.2, -0.15) is 0 Å². The van der Waals surface area contributed by atoms with Gasteiger partial charge in [0.15, 0.2) is 9.54 Å². The summed E-state index contributed by atoms with van der Waals surface area (Å²) in [6, 6.07) is 6.03. The van der Waals surface area contributed by atoms with Crippen LogP contribution in [0.3, 0.4) is 0 Å². The number of carboxylic acid groups (broad SMARTS) is 1. The third-order valence-electron chi connectivity index (χ3n) is 4.58. The van der Waals surface area contributed by atoms with Crippen molar-refractivity contribution in [1.29, 1.82) is 0 Å². The lowest BCUT2D eigenvalue weighted by Crippen LogP contribution is -2.18. The van der Waals surface area contributed by atoms with Gasteiger partial charge >= 0.3 is 5.97 Å². The highest BCUT2D eigenvalue weighted by atomic mass is 32.1. The summed E-state index contributed by atoms with van der Waals surface area (Å²) in [5.41, 5.74) is 3.12. The molecule has 1 aliphatic carbocycles. The summed E-state index contributed by atoms with van der Waals surface area (Å²) in [5.74, 6) is -0.940. The first-order valence-electron chi connectivity index (χ1n) is 7.78. The van der Waals surface area contributed by atoms with Crippen LogP contribution >= 0.6 is 24.4 Å². The molecule has 0 radical (unpaired) electrons. The Morgan fingerprint density at radius 3 is 2.65 bits per heavy atom. The Balaban J connectivity index is 2.02. The number of hydrogen-bond acceptors (Lipinski definition) is 3. The first kappa shape index (κ1) is 16.1. The van der Waals surface area contributed by atoms with Gasteiger partial charge in [0.25, 0.3) is 0 Å². The molecule has 1 heterocycles. The molecule has 2 aromatic rings. The molecule has 122 valence electrons. The van der Waals surface area contributed by atoms with Crippen molar-refractivity contribution in [3.05, 3.63) is 38.9 Å². The molecule has 0 spiro atoms. The maximum atomic E-state index is 11.6. The van der Waals surface area contributed by atoms with E-state index >= 15 is 0 Å². The lowest BCUT2D eigenvalue weighted by atomic mass is 9.88. The second-order valence-electron chi connectivity index (χ2n) is 5.98. The van der Waals surface area contributed by atoms with Gasteiger partial charge in [-0.1, -0.05) is 25.8 Å². The maximum absolute atomic E-state index is 11.6. The van der Waals surface area contributed by atoms with Gasteiger partial charge in [0, 0.05) is 0 Å². The molecular weight excluding hydrogens is 330 g/mol. The number of carbonyl (C=O) groups is 1. The molecule has 0 amide bonds. The van der Waals surface area contributed by atoms with Crippen molar-refractivity contribution in [2.75, 3.05) is 0 Å². The van der Waals surface area contributed by atoms with Gasteiger partial charge in [-0.05, 0) is 66.5 Å². The van der Waals surface area contributed by atoms with Crippen LogP contribution in [0.5, 0.6) is 0 Å². The zero-order valence-corrected chi connectivity index (χ0v) is 14.5. The van der Waals surface area contributed by atoms with E-state index in [9.17, 15) is 9.90 Å². The molecule has 3 rings (SSSR count). The van der Waals surface area contributed by atoms with Crippen molar-refractivity contribution in [2.45, 2.75) is 38.5 Å². The van der Waals surface area contributed by atoms with Gasteiger partial charge in [0.1, 0.15) is 0 Å². The molecule has 1 aromatic carbocycles. The van der Waals surface area contributed by atoms with Crippen molar-refractivity contribution >= 4 is 30.4 Å². The van der Waals surface area contributed by atoms with E-state index in [4.69, 9.17) is 24.4 Å². The number of H-pyrrole nitrogens is 2. The van der Waals surface area contributed by atoms with Crippen LogP contribution in [0.2, 0.25) is 0 Å². The van der Waals surface area contributed by atoms with Crippen LogP contribution in [0.1, 0.15) is 43.2 Å². The molecule has 0 saturated carbocycles. The number of aromatic amines is 2. The minimum absolute atomic E-state index is 0.102. The first-order valence-corrected chi connectivity index (χ1v) is 8.60. The van der Waals surface area contributed by atoms with Crippen molar-refractivity contribution < 1.29 is 9.90 Å². The lowest BCUT2D eigenvalue weighted by molar-refractivity contribution is -0.142. The van der Waals surface area contributed by atoms with Crippen LogP contribution in [0.25, 0.3) is 5.69 Å². The molecular formula is C16H19N3O2S2. The third kappa shape index (κ3) is 2.90. The Morgan fingerprint density at radius 1 is 1.35 bits per heavy atom. The highest BCUT2D eigenvalue weighted by Crippen LogP contribution is 2.42. The quantitative estimate of drug-likeness (QED) is 0.710. The smallest absolute Gasteiger partial charge is 0.307 e. The predicted octanol–water partition coefficient (Wildman–Crippen LogP) is 4.12. The Labute approximate surface area is 144 Å². The molecule has 2 unspecified atom stereocenters. The Morgan fingerprint density at radius 2 is 2.04 bits per heavy atom. The molecule has 1 aromatic heterocycles. The van der Waals surface area contributed by atoms with Crippen molar-refractivity contribution in [1.82, 2.24) is 14.8 Å². The average molecular weight is 349 g/mol. The summed E-state index contributed by atoms with van der Waals surface area (Å²) < 4.78 is 2.76. The number of hydrogen-bond donors (Lipinski definition) is 3. The minimum Gasteiger partial charge on any atom is -0.481 e. The standard InChI is InChI=1S/C16H19N3O2S2/c1-2-3-4-12-11-6-5-10(19-15(22)17-18-16(19)23)7-9(11)8-13(12)14(20)21/h5-7,12-13H,2-4,8H2,1H3,(H,17,22)(H,18,23)(H,20,21). The zero-order chi connectivity index (χ0) is 16.6. The van der Waals surface area contributed by atoms with Crippen LogP contribution in [0.15, 0.2) is 18.2 Å². The van der Waals surface area contributed by atoms with Crippen LogP contribution in [-0.4, -0.2) is 25.8 Å². The number of nitrogens with one attached hydrogen (secondary N) is 2. The maximum Gasteiger partial charge on any atom is 0.307 e. The fourth-order valence-electron chi connectivity index (χ4n) is 3.45. The predicted molar refractivity (Wildman–Crippen MR) is 93.2 cm³/mol. The number of benzene rings is 1. The van der Waals surface area contributed by atoms with Crippen LogP contribution in [0.4, 0.5) is 0 Å². The normalized spacial score (nSPS) is 19.7. The Bertz CT molecular complexity index is 822. The Kier molecular flexibility index (Phi) is 4.50. The second-order valence-corrected chi connectivity index (χ2v) is 6.75. The van der Waals surface area contributed by atoms with Crippen LogP contribution < -0.4 is 0 Å². The molecule has 3 N–H and O–H groups in total. The molecule has 0 bridgehead atoms. The number of fused-ring (bicyclic) bond motifs is 1. The molecule has 0 aliphatic heterocycles. The molecule has 2 atom stereocenters. The van der Waals surface area contributed by atoms with Gasteiger partial charge < -0.3 is 5.11 Å². The number of aliphatic carboxylic acids is 1. The van der Waals surface area contributed by atoms with Crippen molar-refractivity contribution in [2.24, 2.45) is 5.92 Å². The summed E-state index contributed by atoms with van der Waals surface area (Å²) in [6.07, 6.45) is 3.61. The van der Waals surface area contributed by atoms with Crippen molar-refractivity contribution in [3.8, 4) is 5.69 Å². The van der Waals surface area contributed by atoms with E-state index in [1.165, 1.54) is 0 Å². The van der Waals surface area contributed by atoms with Crippen LogP contribution in [-0.2, 0) is 11.2 Å². The minimum atomic E-state index is -0.709.